The number of anilines is 1. The fourth-order valence-electron chi connectivity index (χ4n) is 2.57. The van der Waals surface area contributed by atoms with E-state index in [4.69, 9.17) is 16.9 Å². The molecule has 6 heteroatoms. The number of hydrogen-bond donors (Lipinski definition) is 1. The molecule has 0 unspecified atom stereocenters. The Morgan fingerprint density at radius 3 is 2.65 bits per heavy atom. The van der Waals surface area contributed by atoms with Crippen molar-refractivity contribution in [2.24, 2.45) is 5.92 Å². The molecule has 0 saturated heterocycles. The van der Waals surface area contributed by atoms with Crippen LogP contribution in [-0.2, 0) is 10.0 Å². The van der Waals surface area contributed by atoms with E-state index in [1.165, 1.54) is 18.6 Å². The molecule has 1 aromatic carbocycles. The third-order valence-electron chi connectivity index (χ3n) is 3.55. The molecule has 1 saturated carbocycles. The van der Waals surface area contributed by atoms with Gasteiger partial charge in [-0.3, -0.25) is 4.72 Å². The van der Waals surface area contributed by atoms with Crippen LogP contribution in [0.3, 0.4) is 0 Å². The van der Waals surface area contributed by atoms with E-state index in [0.29, 0.717) is 5.02 Å². The SMILES string of the molecule is N#Cc1ccc(Cl)cc1NS(=O)(=O)CC1CCCCC1. The molecule has 1 aromatic rings. The number of nitrogens with zero attached hydrogens (tertiary/aromatic N) is 1. The minimum Gasteiger partial charge on any atom is -0.282 e. The summed E-state index contributed by atoms with van der Waals surface area (Å²) in [4.78, 5) is 0. The quantitative estimate of drug-likeness (QED) is 0.924. The van der Waals surface area contributed by atoms with Gasteiger partial charge in [-0.2, -0.15) is 5.26 Å². The van der Waals surface area contributed by atoms with Crippen molar-refractivity contribution >= 4 is 27.3 Å². The summed E-state index contributed by atoms with van der Waals surface area (Å²) in [5.74, 6) is 0.329. The summed E-state index contributed by atoms with van der Waals surface area (Å²) in [5.41, 5.74) is 0.539. The summed E-state index contributed by atoms with van der Waals surface area (Å²) in [6.45, 7) is 0. The van der Waals surface area contributed by atoms with Crippen LogP contribution in [0.5, 0.6) is 0 Å². The molecule has 1 aliphatic rings. The number of sulfonamides is 1. The number of halogens is 1. The largest absolute Gasteiger partial charge is 0.282 e. The minimum absolute atomic E-state index is 0.115. The van der Waals surface area contributed by atoms with Crippen LogP contribution >= 0.6 is 11.6 Å². The molecular formula is C14H17ClN2O2S. The van der Waals surface area contributed by atoms with E-state index in [9.17, 15) is 8.42 Å². The van der Waals surface area contributed by atoms with Crippen LogP contribution in [-0.4, -0.2) is 14.2 Å². The molecule has 0 radical (unpaired) electrons. The van der Waals surface area contributed by atoms with Gasteiger partial charge in [-0.1, -0.05) is 30.9 Å². The highest BCUT2D eigenvalue weighted by atomic mass is 35.5. The van der Waals surface area contributed by atoms with E-state index in [2.05, 4.69) is 4.72 Å². The zero-order valence-corrected chi connectivity index (χ0v) is 12.7. The van der Waals surface area contributed by atoms with Crippen molar-refractivity contribution in [2.45, 2.75) is 32.1 Å². The van der Waals surface area contributed by atoms with Crippen molar-refractivity contribution in [1.29, 1.82) is 5.26 Å². The number of rotatable bonds is 4. The van der Waals surface area contributed by atoms with Crippen molar-refractivity contribution in [3.05, 3.63) is 28.8 Å². The van der Waals surface area contributed by atoms with Crippen LogP contribution in [0.15, 0.2) is 18.2 Å². The highest BCUT2D eigenvalue weighted by molar-refractivity contribution is 7.92. The highest BCUT2D eigenvalue weighted by Gasteiger charge is 2.22. The lowest BCUT2D eigenvalue weighted by Gasteiger charge is -2.21. The fraction of sp³-hybridized carbons (Fsp3) is 0.500. The summed E-state index contributed by atoms with van der Waals surface area (Å²) in [7, 11) is -3.44. The van der Waals surface area contributed by atoms with Gasteiger partial charge < -0.3 is 0 Å². The monoisotopic (exact) mass is 312 g/mol. The summed E-state index contributed by atoms with van der Waals surface area (Å²) in [5, 5.41) is 9.40. The van der Waals surface area contributed by atoms with Gasteiger partial charge in [0.1, 0.15) is 6.07 Å². The van der Waals surface area contributed by atoms with Gasteiger partial charge in [0.15, 0.2) is 0 Å². The molecule has 0 aliphatic heterocycles. The molecule has 0 atom stereocenters. The first-order chi connectivity index (χ1) is 9.50. The molecular weight excluding hydrogens is 296 g/mol. The van der Waals surface area contributed by atoms with Gasteiger partial charge in [0, 0.05) is 5.02 Å². The highest BCUT2D eigenvalue weighted by Crippen LogP contribution is 2.26. The summed E-state index contributed by atoms with van der Waals surface area (Å²) in [6, 6.07) is 6.52. The van der Waals surface area contributed by atoms with E-state index < -0.39 is 10.0 Å². The smallest absolute Gasteiger partial charge is 0.233 e. The fourth-order valence-corrected chi connectivity index (χ4v) is 4.29. The molecule has 108 valence electrons. The first kappa shape index (κ1) is 15.1. The standard InChI is InChI=1S/C14H17ClN2O2S/c15-13-7-6-12(9-16)14(8-13)17-20(18,19)10-11-4-2-1-3-5-11/h6-8,11,17H,1-5,10H2. The Hall–Kier alpha value is -1.25. The molecule has 0 aromatic heterocycles. The van der Waals surface area contributed by atoms with Gasteiger partial charge in [0.25, 0.3) is 0 Å². The van der Waals surface area contributed by atoms with Crippen molar-refractivity contribution in [1.82, 2.24) is 0 Å². The topological polar surface area (TPSA) is 70.0 Å². The Bertz CT molecular complexity index is 617. The van der Waals surface area contributed by atoms with Crippen molar-refractivity contribution in [3.63, 3.8) is 0 Å². The third kappa shape index (κ3) is 4.12. The molecule has 1 N–H and O–H groups in total. The second-order valence-corrected chi connectivity index (χ2v) is 7.39. The first-order valence-corrected chi connectivity index (χ1v) is 8.73. The molecule has 0 bridgehead atoms. The zero-order chi connectivity index (χ0) is 14.6. The number of nitriles is 1. The van der Waals surface area contributed by atoms with Crippen molar-refractivity contribution < 1.29 is 8.42 Å². The van der Waals surface area contributed by atoms with Gasteiger partial charge >= 0.3 is 0 Å². The van der Waals surface area contributed by atoms with Crippen LogP contribution in [0, 0.1) is 17.2 Å². The number of benzene rings is 1. The van der Waals surface area contributed by atoms with Crippen LogP contribution in [0.2, 0.25) is 5.02 Å². The van der Waals surface area contributed by atoms with Crippen molar-refractivity contribution in [3.8, 4) is 6.07 Å². The minimum atomic E-state index is -3.44. The first-order valence-electron chi connectivity index (χ1n) is 6.70. The van der Waals surface area contributed by atoms with Gasteiger partial charge in [0.2, 0.25) is 10.0 Å². The molecule has 0 heterocycles. The predicted molar refractivity (Wildman–Crippen MR) is 80.2 cm³/mol. The average molecular weight is 313 g/mol. The Labute approximate surface area is 124 Å². The maximum atomic E-state index is 12.2. The lowest BCUT2D eigenvalue weighted by Crippen LogP contribution is -2.24. The Morgan fingerprint density at radius 2 is 2.00 bits per heavy atom. The Morgan fingerprint density at radius 1 is 1.30 bits per heavy atom. The molecule has 1 aliphatic carbocycles. The zero-order valence-electron chi connectivity index (χ0n) is 11.1. The lowest BCUT2D eigenvalue weighted by atomic mass is 9.91. The van der Waals surface area contributed by atoms with Crippen LogP contribution in [0.25, 0.3) is 0 Å². The maximum Gasteiger partial charge on any atom is 0.233 e. The second kappa shape index (κ2) is 6.47. The van der Waals surface area contributed by atoms with Crippen molar-refractivity contribution in [2.75, 3.05) is 10.5 Å². The lowest BCUT2D eigenvalue weighted by molar-refractivity contribution is 0.385. The molecule has 20 heavy (non-hydrogen) atoms. The third-order valence-corrected chi connectivity index (χ3v) is 5.22. The van der Waals surface area contributed by atoms with E-state index in [1.807, 2.05) is 6.07 Å². The second-order valence-electron chi connectivity index (χ2n) is 5.19. The van der Waals surface area contributed by atoms with Crippen LogP contribution in [0.4, 0.5) is 5.69 Å². The van der Waals surface area contributed by atoms with Gasteiger partial charge in [0.05, 0.1) is 17.0 Å². The molecule has 0 amide bonds. The summed E-state index contributed by atoms with van der Waals surface area (Å²) < 4.78 is 26.9. The average Bonchev–Trinajstić information content (AvgIpc) is 2.39. The summed E-state index contributed by atoms with van der Waals surface area (Å²) in [6.07, 6.45) is 5.31. The van der Waals surface area contributed by atoms with E-state index in [1.54, 1.807) is 6.07 Å². The summed E-state index contributed by atoms with van der Waals surface area (Å²) >= 11 is 5.85. The van der Waals surface area contributed by atoms with Crippen LogP contribution < -0.4 is 4.72 Å². The van der Waals surface area contributed by atoms with Crippen LogP contribution in [0.1, 0.15) is 37.7 Å². The molecule has 2 rings (SSSR count). The number of hydrogen-bond acceptors (Lipinski definition) is 3. The van der Waals surface area contributed by atoms with E-state index in [-0.39, 0.29) is 22.9 Å². The Balaban J connectivity index is 2.11. The maximum absolute atomic E-state index is 12.2. The van der Waals surface area contributed by atoms with Gasteiger partial charge in [-0.15, -0.1) is 0 Å². The van der Waals surface area contributed by atoms with E-state index in [0.717, 1.165) is 25.7 Å². The normalized spacial score (nSPS) is 16.6. The Kier molecular flexibility index (Phi) is 4.90. The molecule has 1 fully saturated rings. The predicted octanol–water partition coefficient (Wildman–Crippen LogP) is 3.53. The van der Waals surface area contributed by atoms with E-state index >= 15 is 0 Å². The van der Waals surface area contributed by atoms with Gasteiger partial charge in [-0.05, 0) is 37.0 Å². The number of nitrogens with one attached hydrogen (secondary N) is 1. The molecule has 4 nitrogen and oxygen atoms in total. The van der Waals surface area contributed by atoms with Gasteiger partial charge in [-0.25, -0.2) is 8.42 Å². The molecule has 0 spiro atoms.